The first-order valence-corrected chi connectivity index (χ1v) is 10.2. The molecule has 29 heavy (non-hydrogen) atoms. The standard InChI is InChI=1S/C21H27N5O3/c1-29-17-8-6-15(7-9-17)13-25-14-16(11-20(25)27)21(28)22-12-19-24-23-18-5-3-2-4-10-26(18)19/h6-9,16H,2-5,10-14H2,1H3,(H,22,28). The van der Waals surface area contributed by atoms with Crippen LogP contribution in [0.4, 0.5) is 0 Å². The number of hydrogen-bond acceptors (Lipinski definition) is 5. The Morgan fingerprint density at radius 3 is 2.83 bits per heavy atom. The van der Waals surface area contributed by atoms with E-state index in [0.29, 0.717) is 19.6 Å². The van der Waals surface area contributed by atoms with E-state index in [4.69, 9.17) is 4.74 Å². The number of aryl methyl sites for hydroxylation is 1. The highest BCUT2D eigenvalue weighted by molar-refractivity contribution is 5.89. The van der Waals surface area contributed by atoms with Gasteiger partial charge in [-0.05, 0) is 30.5 Å². The summed E-state index contributed by atoms with van der Waals surface area (Å²) in [7, 11) is 1.62. The fourth-order valence-corrected chi connectivity index (χ4v) is 4.04. The smallest absolute Gasteiger partial charge is 0.225 e. The van der Waals surface area contributed by atoms with Gasteiger partial charge in [-0.1, -0.05) is 18.6 Å². The maximum absolute atomic E-state index is 12.6. The Labute approximate surface area is 170 Å². The maximum atomic E-state index is 12.6. The van der Waals surface area contributed by atoms with E-state index in [-0.39, 0.29) is 24.2 Å². The van der Waals surface area contributed by atoms with Crippen molar-refractivity contribution in [1.29, 1.82) is 0 Å². The molecule has 4 rings (SSSR count). The van der Waals surface area contributed by atoms with E-state index in [2.05, 4.69) is 20.1 Å². The van der Waals surface area contributed by atoms with E-state index in [0.717, 1.165) is 48.8 Å². The molecule has 1 aromatic heterocycles. The average Bonchev–Trinajstić information content (AvgIpc) is 3.21. The third kappa shape index (κ3) is 4.41. The molecule has 2 aliphatic heterocycles. The van der Waals surface area contributed by atoms with Crippen molar-refractivity contribution in [3.05, 3.63) is 41.5 Å². The number of aromatic nitrogens is 3. The molecule has 2 aromatic rings. The van der Waals surface area contributed by atoms with Gasteiger partial charge in [0.15, 0.2) is 5.82 Å². The second kappa shape index (κ2) is 8.63. The molecule has 0 bridgehead atoms. The minimum atomic E-state index is -0.327. The summed E-state index contributed by atoms with van der Waals surface area (Å²) in [6.45, 7) is 2.21. The molecule has 3 heterocycles. The lowest BCUT2D eigenvalue weighted by Crippen LogP contribution is -2.33. The van der Waals surface area contributed by atoms with Crippen LogP contribution in [0, 0.1) is 5.92 Å². The second-order valence-corrected chi connectivity index (χ2v) is 7.74. The number of carbonyl (C=O) groups is 2. The molecule has 0 aliphatic carbocycles. The number of likely N-dealkylation sites (tertiary alicyclic amines) is 1. The van der Waals surface area contributed by atoms with Gasteiger partial charge in [-0.2, -0.15) is 0 Å². The lowest BCUT2D eigenvalue weighted by Gasteiger charge is -2.17. The Morgan fingerprint density at radius 2 is 2.03 bits per heavy atom. The Morgan fingerprint density at radius 1 is 1.21 bits per heavy atom. The highest BCUT2D eigenvalue weighted by Crippen LogP contribution is 2.22. The summed E-state index contributed by atoms with van der Waals surface area (Å²) in [6.07, 6.45) is 4.64. The van der Waals surface area contributed by atoms with Gasteiger partial charge < -0.3 is 19.5 Å². The van der Waals surface area contributed by atoms with Gasteiger partial charge in [-0.25, -0.2) is 0 Å². The van der Waals surface area contributed by atoms with Crippen LogP contribution in [0.15, 0.2) is 24.3 Å². The molecule has 1 fully saturated rings. The highest BCUT2D eigenvalue weighted by Gasteiger charge is 2.34. The van der Waals surface area contributed by atoms with Crippen LogP contribution >= 0.6 is 0 Å². The summed E-state index contributed by atoms with van der Waals surface area (Å²) >= 11 is 0. The molecular formula is C21H27N5O3. The van der Waals surface area contributed by atoms with Crippen LogP contribution < -0.4 is 10.1 Å². The molecule has 0 spiro atoms. The molecule has 2 amide bonds. The van der Waals surface area contributed by atoms with Crippen LogP contribution in [0.5, 0.6) is 5.75 Å². The third-order valence-electron chi connectivity index (χ3n) is 5.72. The molecule has 1 N–H and O–H groups in total. The zero-order valence-electron chi connectivity index (χ0n) is 16.8. The second-order valence-electron chi connectivity index (χ2n) is 7.74. The molecule has 154 valence electrons. The number of nitrogens with zero attached hydrogens (tertiary/aromatic N) is 4. The van der Waals surface area contributed by atoms with E-state index in [9.17, 15) is 9.59 Å². The van der Waals surface area contributed by atoms with E-state index in [1.807, 2.05) is 24.3 Å². The summed E-state index contributed by atoms with van der Waals surface area (Å²) < 4.78 is 7.29. The van der Waals surface area contributed by atoms with Crippen LogP contribution in [-0.4, -0.2) is 45.1 Å². The summed E-state index contributed by atoms with van der Waals surface area (Å²) in [4.78, 5) is 26.8. The van der Waals surface area contributed by atoms with Crippen LogP contribution in [0.1, 0.15) is 42.9 Å². The Kier molecular flexibility index (Phi) is 5.78. The van der Waals surface area contributed by atoms with Gasteiger partial charge in [0.2, 0.25) is 11.8 Å². The van der Waals surface area contributed by atoms with Crippen molar-refractivity contribution in [3.8, 4) is 5.75 Å². The number of amides is 2. The Hall–Kier alpha value is -2.90. The first kappa shape index (κ1) is 19.4. The van der Waals surface area contributed by atoms with Gasteiger partial charge in [-0.3, -0.25) is 9.59 Å². The van der Waals surface area contributed by atoms with E-state index < -0.39 is 0 Å². The van der Waals surface area contributed by atoms with Gasteiger partial charge in [0, 0.05) is 32.5 Å². The van der Waals surface area contributed by atoms with Gasteiger partial charge in [-0.15, -0.1) is 10.2 Å². The van der Waals surface area contributed by atoms with Crippen molar-refractivity contribution >= 4 is 11.8 Å². The molecule has 1 saturated heterocycles. The fourth-order valence-electron chi connectivity index (χ4n) is 4.04. The average molecular weight is 397 g/mol. The lowest BCUT2D eigenvalue weighted by molar-refractivity contribution is -0.129. The molecule has 2 aliphatic rings. The third-order valence-corrected chi connectivity index (χ3v) is 5.72. The summed E-state index contributed by atoms with van der Waals surface area (Å²) in [5.41, 5.74) is 1.02. The van der Waals surface area contributed by atoms with Crippen LogP contribution in [-0.2, 0) is 35.6 Å². The topological polar surface area (TPSA) is 89.3 Å². The number of carbonyl (C=O) groups excluding carboxylic acids is 2. The first-order valence-electron chi connectivity index (χ1n) is 10.2. The summed E-state index contributed by atoms with van der Waals surface area (Å²) in [5.74, 6) is 2.18. The normalized spacial score (nSPS) is 19.0. The fraction of sp³-hybridized carbons (Fsp3) is 0.524. The van der Waals surface area contributed by atoms with Gasteiger partial charge >= 0.3 is 0 Å². The Bertz CT molecular complexity index is 877. The monoisotopic (exact) mass is 397 g/mol. The summed E-state index contributed by atoms with van der Waals surface area (Å²) in [5, 5.41) is 11.5. The zero-order chi connectivity index (χ0) is 20.2. The lowest BCUT2D eigenvalue weighted by atomic mass is 10.1. The molecule has 1 atom stereocenters. The van der Waals surface area contributed by atoms with E-state index in [1.54, 1.807) is 12.0 Å². The van der Waals surface area contributed by atoms with Crippen molar-refractivity contribution in [2.45, 2.75) is 51.7 Å². The zero-order valence-corrected chi connectivity index (χ0v) is 16.8. The minimum absolute atomic E-state index is 0.0114. The molecule has 1 aromatic carbocycles. The number of methoxy groups -OCH3 is 1. The molecule has 8 heteroatoms. The van der Waals surface area contributed by atoms with Crippen LogP contribution in [0.25, 0.3) is 0 Å². The number of rotatable bonds is 6. The number of ether oxygens (including phenoxy) is 1. The maximum Gasteiger partial charge on any atom is 0.225 e. The van der Waals surface area contributed by atoms with Crippen LogP contribution in [0.3, 0.4) is 0 Å². The molecular weight excluding hydrogens is 370 g/mol. The van der Waals surface area contributed by atoms with Gasteiger partial charge in [0.05, 0.1) is 19.6 Å². The van der Waals surface area contributed by atoms with Crippen LogP contribution in [0.2, 0.25) is 0 Å². The van der Waals surface area contributed by atoms with Gasteiger partial charge in [0.1, 0.15) is 11.6 Å². The quantitative estimate of drug-likeness (QED) is 0.801. The predicted molar refractivity (Wildman–Crippen MR) is 106 cm³/mol. The first-order chi connectivity index (χ1) is 14.1. The highest BCUT2D eigenvalue weighted by atomic mass is 16.5. The number of fused-ring (bicyclic) bond motifs is 1. The molecule has 0 radical (unpaired) electrons. The molecule has 8 nitrogen and oxygen atoms in total. The van der Waals surface area contributed by atoms with E-state index >= 15 is 0 Å². The number of benzene rings is 1. The SMILES string of the molecule is COc1ccc(CN2CC(C(=O)NCc3nnc4n3CCCCC4)CC2=O)cc1. The van der Waals surface area contributed by atoms with Crippen molar-refractivity contribution in [2.75, 3.05) is 13.7 Å². The van der Waals surface area contributed by atoms with Crippen molar-refractivity contribution in [2.24, 2.45) is 5.92 Å². The number of nitrogens with one attached hydrogen (secondary N) is 1. The molecule has 0 saturated carbocycles. The van der Waals surface area contributed by atoms with Gasteiger partial charge in [0.25, 0.3) is 0 Å². The molecule has 1 unspecified atom stereocenters. The van der Waals surface area contributed by atoms with Crippen molar-refractivity contribution in [3.63, 3.8) is 0 Å². The Balaban J connectivity index is 1.31. The number of hydrogen-bond donors (Lipinski definition) is 1. The van der Waals surface area contributed by atoms with Crippen molar-refractivity contribution in [1.82, 2.24) is 25.0 Å². The van der Waals surface area contributed by atoms with Crippen molar-refractivity contribution < 1.29 is 14.3 Å². The summed E-state index contributed by atoms with van der Waals surface area (Å²) in [6, 6.07) is 7.64. The predicted octanol–water partition coefficient (Wildman–Crippen LogP) is 1.68. The van der Waals surface area contributed by atoms with E-state index in [1.165, 1.54) is 6.42 Å². The largest absolute Gasteiger partial charge is 0.497 e. The minimum Gasteiger partial charge on any atom is -0.497 e.